The summed E-state index contributed by atoms with van der Waals surface area (Å²) in [5.74, 6) is 1.09. The Morgan fingerprint density at radius 3 is 2.95 bits per heavy atom. The van der Waals surface area contributed by atoms with Crippen molar-refractivity contribution in [3.8, 4) is 0 Å². The van der Waals surface area contributed by atoms with Crippen molar-refractivity contribution in [3.63, 3.8) is 0 Å². The molecule has 1 aromatic rings. The molecule has 0 radical (unpaired) electrons. The van der Waals surface area contributed by atoms with Crippen molar-refractivity contribution in [3.05, 3.63) is 42.0 Å². The third-order valence-electron chi connectivity index (χ3n) is 4.44. The summed E-state index contributed by atoms with van der Waals surface area (Å²) in [5, 5.41) is 0. The molecular weight excluding hydrogens is 248 g/mol. The van der Waals surface area contributed by atoms with E-state index in [0.29, 0.717) is 24.8 Å². The van der Waals surface area contributed by atoms with Crippen LogP contribution in [0.4, 0.5) is 5.69 Å². The molecule has 20 heavy (non-hydrogen) atoms. The van der Waals surface area contributed by atoms with Gasteiger partial charge in [-0.05, 0) is 43.4 Å². The smallest absolute Gasteiger partial charge is 0.227 e. The molecule has 2 N–H and O–H groups in total. The molecule has 2 unspecified atom stereocenters. The number of benzene rings is 1. The van der Waals surface area contributed by atoms with Gasteiger partial charge in [0.2, 0.25) is 5.91 Å². The summed E-state index contributed by atoms with van der Waals surface area (Å²) in [6.45, 7) is 1.47. The molecule has 0 bridgehead atoms. The molecule has 2 atom stereocenters. The minimum absolute atomic E-state index is 0.258. The number of hydrogen-bond acceptors (Lipinski definition) is 2. The van der Waals surface area contributed by atoms with Crippen LogP contribution in [0.1, 0.15) is 37.2 Å². The number of fused-ring (bicyclic) bond motifs is 1. The van der Waals surface area contributed by atoms with Gasteiger partial charge < -0.3 is 10.6 Å². The fourth-order valence-corrected chi connectivity index (χ4v) is 3.38. The van der Waals surface area contributed by atoms with E-state index in [4.69, 9.17) is 5.73 Å². The molecule has 0 saturated carbocycles. The van der Waals surface area contributed by atoms with Crippen molar-refractivity contribution < 1.29 is 4.79 Å². The number of nitrogens with two attached hydrogens (primary N) is 1. The minimum Gasteiger partial charge on any atom is -0.330 e. The molecule has 0 spiro atoms. The van der Waals surface area contributed by atoms with Crippen LogP contribution in [-0.2, 0) is 4.79 Å². The normalized spacial score (nSPS) is 24.1. The zero-order valence-corrected chi connectivity index (χ0v) is 11.8. The Balaban J connectivity index is 1.77. The number of hydrogen-bond donors (Lipinski definition) is 1. The van der Waals surface area contributed by atoms with E-state index in [1.54, 1.807) is 0 Å². The molecule has 2 aliphatic rings. The van der Waals surface area contributed by atoms with E-state index in [0.717, 1.165) is 31.5 Å². The predicted molar refractivity (Wildman–Crippen MR) is 81.7 cm³/mol. The maximum absolute atomic E-state index is 12.6. The van der Waals surface area contributed by atoms with Gasteiger partial charge in [-0.2, -0.15) is 0 Å². The van der Waals surface area contributed by atoms with E-state index in [1.165, 1.54) is 5.56 Å². The van der Waals surface area contributed by atoms with Crippen LogP contribution in [-0.4, -0.2) is 19.0 Å². The quantitative estimate of drug-likeness (QED) is 0.855. The van der Waals surface area contributed by atoms with E-state index in [-0.39, 0.29) is 5.91 Å². The van der Waals surface area contributed by atoms with E-state index >= 15 is 0 Å². The Hall–Kier alpha value is -1.61. The van der Waals surface area contributed by atoms with Crippen LogP contribution in [0, 0.1) is 5.92 Å². The van der Waals surface area contributed by atoms with Crippen molar-refractivity contribution >= 4 is 11.6 Å². The largest absolute Gasteiger partial charge is 0.330 e. The van der Waals surface area contributed by atoms with E-state index < -0.39 is 0 Å². The third kappa shape index (κ3) is 2.50. The zero-order chi connectivity index (χ0) is 13.9. The van der Waals surface area contributed by atoms with Crippen molar-refractivity contribution in [1.29, 1.82) is 0 Å². The summed E-state index contributed by atoms with van der Waals surface area (Å²) in [5.41, 5.74) is 8.09. The zero-order valence-electron chi connectivity index (χ0n) is 11.8. The van der Waals surface area contributed by atoms with Crippen LogP contribution >= 0.6 is 0 Å². The van der Waals surface area contributed by atoms with Gasteiger partial charge in [-0.1, -0.05) is 30.4 Å². The number of allylic oxidation sites excluding steroid dienone is 2. The third-order valence-corrected chi connectivity index (χ3v) is 4.44. The first-order valence-electron chi connectivity index (χ1n) is 7.55. The van der Waals surface area contributed by atoms with Gasteiger partial charge in [-0.3, -0.25) is 4.79 Å². The first-order valence-corrected chi connectivity index (χ1v) is 7.55. The first-order chi connectivity index (χ1) is 9.79. The van der Waals surface area contributed by atoms with Crippen molar-refractivity contribution in [2.24, 2.45) is 11.7 Å². The molecule has 3 heteroatoms. The molecule has 1 heterocycles. The van der Waals surface area contributed by atoms with Gasteiger partial charge in [0.05, 0.1) is 0 Å². The fraction of sp³-hybridized carbons (Fsp3) is 0.471. The molecule has 0 saturated heterocycles. The van der Waals surface area contributed by atoms with Crippen molar-refractivity contribution in [1.82, 2.24) is 0 Å². The van der Waals surface area contributed by atoms with Crippen LogP contribution in [0.3, 0.4) is 0 Å². The summed E-state index contributed by atoms with van der Waals surface area (Å²) in [7, 11) is 0. The lowest BCUT2D eigenvalue weighted by molar-refractivity contribution is -0.119. The highest BCUT2D eigenvalue weighted by Crippen LogP contribution is 2.38. The lowest BCUT2D eigenvalue weighted by Crippen LogP contribution is -2.31. The van der Waals surface area contributed by atoms with E-state index in [1.807, 2.05) is 11.0 Å². The summed E-state index contributed by atoms with van der Waals surface area (Å²) < 4.78 is 0. The summed E-state index contributed by atoms with van der Waals surface area (Å²) in [6, 6.07) is 8.27. The summed E-state index contributed by atoms with van der Waals surface area (Å²) in [6.07, 6.45) is 8.20. The Bertz CT molecular complexity index is 523. The Morgan fingerprint density at radius 1 is 1.35 bits per heavy atom. The van der Waals surface area contributed by atoms with Crippen LogP contribution < -0.4 is 10.6 Å². The van der Waals surface area contributed by atoms with Crippen LogP contribution in [0.2, 0.25) is 0 Å². The average molecular weight is 270 g/mol. The van der Waals surface area contributed by atoms with Crippen LogP contribution in [0.5, 0.6) is 0 Å². The SMILES string of the molecule is NCCC1CN(C(=O)CC2C=CCC2)c2ccccc21. The number of amides is 1. The Kier molecular flexibility index (Phi) is 3.88. The van der Waals surface area contributed by atoms with Gasteiger partial charge in [0.1, 0.15) is 0 Å². The topological polar surface area (TPSA) is 46.3 Å². The Morgan fingerprint density at radius 2 is 2.20 bits per heavy atom. The molecule has 106 valence electrons. The second kappa shape index (κ2) is 5.80. The van der Waals surface area contributed by atoms with Crippen molar-refractivity contribution in [2.75, 3.05) is 18.0 Å². The second-order valence-electron chi connectivity index (χ2n) is 5.81. The molecule has 0 fully saturated rings. The number of carbonyl (C=O) groups is 1. The number of carbonyl (C=O) groups excluding carboxylic acids is 1. The highest BCUT2D eigenvalue weighted by atomic mass is 16.2. The Labute approximate surface area is 120 Å². The van der Waals surface area contributed by atoms with E-state index in [2.05, 4.69) is 30.4 Å². The number of nitrogens with zero attached hydrogens (tertiary/aromatic N) is 1. The summed E-state index contributed by atoms with van der Waals surface area (Å²) >= 11 is 0. The van der Waals surface area contributed by atoms with Gasteiger partial charge in [-0.15, -0.1) is 0 Å². The molecular formula is C17H22N2O. The molecule has 1 aliphatic carbocycles. The highest BCUT2D eigenvalue weighted by Gasteiger charge is 2.32. The molecule has 3 nitrogen and oxygen atoms in total. The maximum Gasteiger partial charge on any atom is 0.227 e. The van der Waals surface area contributed by atoms with E-state index in [9.17, 15) is 4.79 Å². The average Bonchev–Trinajstić information content (AvgIpc) is 3.08. The standard InChI is InChI=1S/C17H22N2O/c18-10-9-14-12-19(16-8-4-3-7-15(14)16)17(20)11-13-5-1-2-6-13/h1,3-5,7-8,13-14H,2,6,9-12,18H2. The monoisotopic (exact) mass is 270 g/mol. The van der Waals surface area contributed by atoms with Gasteiger partial charge >= 0.3 is 0 Å². The van der Waals surface area contributed by atoms with Crippen molar-refractivity contribution in [2.45, 2.75) is 31.6 Å². The number of rotatable bonds is 4. The minimum atomic E-state index is 0.258. The number of anilines is 1. The van der Waals surface area contributed by atoms with Crippen LogP contribution in [0.15, 0.2) is 36.4 Å². The van der Waals surface area contributed by atoms with Crippen LogP contribution in [0.25, 0.3) is 0 Å². The number of para-hydroxylation sites is 1. The van der Waals surface area contributed by atoms with Gasteiger partial charge in [0.25, 0.3) is 0 Å². The predicted octanol–water partition coefficient (Wildman–Crippen LogP) is 2.82. The molecule has 0 aromatic heterocycles. The molecule has 1 aliphatic heterocycles. The lowest BCUT2D eigenvalue weighted by atomic mass is 9.98. The summed E-state index contributed by atoms with van der Waals surface area (Å²) in [4.78, 5) is 14.5. The van der Waals surface area contributed by atoms with Gasteiger partial charge in [0.15, 0.2) is 0 Å². The molecule has 1 aromatic carbocycles. The first kappa shape index (κ1) is 13.4. The second-order valence-corrected chi connectivity index (χ2v) is 5.81. The molecule has 3 rings (SSSR count). The fourth-order valence-electron chi connectivity index (χ4n) is 3.38. The highest BCUT2D eigenvalue weighted by molar-refractivity contribution is 5.96. The lowest BCUT2D eigenvalue weighted by Gasteiger charge is -2.19. The van der Waals surface area contributed by atoms with Gasteiger partial charge in [0, 0.05) is 24.6 Å². The maximum atomic E-state index is 12.6. The van der Waals surface area contributed by atoms with Gasteiger partial charge in [-0.25, -0.2) is 0 Å². The molecule has 1 amide bonds.